The molecule has 120 valence electrons. The van der Waals surface area contributed by atoms with E-state index < -0.39 is 0 Å². The van der Waals surface area contributed by atoms with Gasteiger partial charge in [-0.1, -0.05) is 40.2 Å². The lowest BCUT2D eigenvalue weighted by molar-refractivity contribution is 0.102. The van der Waals surface area contributed by atoms with E-state index in [0.717, 1.165) is 21.4 Å². The molecule has 0 atom stereocenters. The minimum absolute atomic E-state index is 0.199. The number of carbonyl (C=O) groups is 1. The van der Waals surface area contributed by atoms with E-state index in [2.05, 4.69) is 31.5 Å². The molecule has 24 heavy (non-hydrogen) atoms. The molecule has 0 saturated carbocycles. The Morgan fingerprint density at radius 2 is 1.88 bits per heavy atom. The van der Waals surface area contributed by atoms with E-state index in [4.69, 9.17) is 0 Å². The Balaban J connectivity index is 1.86. The molecule has 0 spiro atoms. The van der Waals surface area contributed by atoms with Crippen LogP contribution in [0.3, 0.4) is 0 Å². The number of carbonyl (C=O) groups excluding carboxylic acids is 1. The molecule has 0 bridgehead atoms. The highest BCUT2D eigenvalue weighted by Gasteiger charge is 2.13. The number of rotatable bonds is 4. The van der Waals surface area contributed by atoms with Crippen molar-refractivity contribution in [3.05, 3.63) is 82.5 Å². The first-order valence-electron chi connectivity index (χ1n) is 7.48. The third kappa shape index (κ3) is 3.81. The number of anilines is 3. The van der Waals surface area contributed by atoms with Crippen molar-refractivity contribution in [3.63, 3.8) is 0 Å². The number of halogens is 1. The molecule has 0 unspecified atom stereocenters. The maximum atomic E-state index is 12.6. The molecule has 0 aliphatic heterocycles. The summed E-state index contributed by atoms with van der Waals surface area (Å²) in [7, 11) is 0. The SMILES string of the molecule is Cc1ccccc1NC(=O)c1cccnc1Nc1cccc(Br)c1. The van der Waals surface area contributed by atoms with Gasteiger partial charge in [0.25, 0.3) is 5.91 Å². The van der Waals surface area contributed by atoms with E-state index >= 15 is 0 Å². The fraction of sp³-hybridized carbons (Fsp3) is 0.0526. The van der Waals surface area contributed by atoms with Crippen LogP contribution in [0.15, 0.2) is 71.3 Å². The molecule has 5 heteroatoms. The van der Waals surface area contributed by atoms with Gasteiger partial charge in [-0.15, -0.1) is 0 Å². The Morgan fingerprint density at radius 3 is 2.67 bits per heavy atom. The molecule has 1 amide bonds. The van der Waals surface area contributed by atoms with Gasteiger partial charge in [-0.25, -0.2) is 4.98 Å². The molecular weight excluding hydrogens is 366 g/mol. The van der Waals surface area contributed by atoms with Crippen molar-refractivity contribution in [2.45, 2.75) is 6.92 Å². The highest BCUT2D eigenvalue weighted by atomic mass is 79.9. The second-order valence-corrected chi connectivity index (χ2v) is 6.22. The number of para-hydroxylation sites is 1. The van der Waals surface area contributed by atoms with Crippen molar-refractivity contribution in [1.82, 2.24) is 4.98 Å². The van der Waals surface area contributed by atoms with Crippen LogP contribution >= 0.6 is 15.9 Å². The molecule has 1 aromatic heterocycles. The zero-order valence-electron chi connectivity index (χ0n) is 13.1. The number of nitrogens with one attached hydrogen (secondary N) is 2. The fourth-order valence-electron chi connectivity index (χ4n) is 2.29. The smallest absolute Gasteiger partial charge is 0.259 e. The zero-order chi connectivity index (χ0) is 16.9. The number of nitrogens with zero attached hydrogens (tertiary/aromatic N) is 1. The van der Waals surface area contributed by atoms with E-state index in [1.54, 1.807) is 18.3 Å². The monoisotopic (exact) mass is 381 g/mol. The molecule has 0 fully saturated rings. The number of hydrogen-bond acceptors (Lipinski definition) is 3. The lowest BCUT2D eigenvalue weighted by atomic mass is 10.1. The van der Waals surface area contributed by atoms with Gasteiger partial charge in [0.15, 0.2) is 0 Å². The molecule has 0 radical (unpaired) electrons. The molecule has 0 aliphatic carbocycles. The Kier molecular flexibility index (Phi) is 4.91. The number of amides is 1. The van der Waals surface area contributed by atoms with Gasteiger partial charge >= 0.3 is 0 Å². The second kappa shape index (κ2) is 7.27. The van der Waals surface area contributed by atoms with Gasteiger partial charge in [0.2, 0.25) is 0 Å². The summed E-state index contributed by atoms with van der Waals surface area (Å²) < 4.78 is 0.953. The lowest BCUT2D eigenvalue weighted by Crippen LogP contribution is -2.15. The molecule has 1 heterocycles. The predicted octanol–water partition coefficient (Wildman–Crippen LogP) is 5.15. The van der Waals surface area contributed by atoms with Crippen LogP contribution < -0.4 is 10.6 Å². The summed E-state index contributed by atoms with van der Waals surface area (Å²) >= 11 is 3.44. The van der Waals surface area contributed by atoms with Crippen LogP contribution in [0.5, 0.6) is 0 Å². The molecule has 3 aromatic rings. The van der Waals surface area contributed by atoms with Crippen LogP contribution in [0, 0.1) is 6.92 Å². The third-order valence-corrected chi connectivity index (χ3v) is 4.03. The van der Waals surface area contributed by atoms with Gasteiger partial charge in [0.1, 0.15) is 5.82 Å². The maximum Gasteiger partial charge on any atom is 0.259 e. The summed E-state index contributed by atoms with van der Waals surface area (Å²) in [5.41, 5.74) is 3.14. The predicted molar refractivity (Wildman–Crippen MR) is 101 cm³/mol. The van der Waals surface area contributed by atoms with Gasteiger partial charge in [0.05, 0.1) is 5.56 Å². The summed E-state index contributed by atoms with van der Waals surface area (Å²) in [4.78, 5) is 16.9. The Bertz CT molecular complexity index is 880. The van der Waals surface area contributed by atoms with Crippen molar-refractivity contribution in [2.24, 2.45) is 0 Å². The first-order chi connectivity index (χ1) is 11.6. The van der Waals surface area contributed by atoms with E-state index in [1.165, 1.54) is 0 Å². The zero-order valence-corrected chi connectivity index (χ0v) is 14.7. The first kappa shape index (κ1) is 16.2. The van der Waals surface area contributed by atoms with Crippen molar-refractivity contribution in [2.75, 3.05) is 10.6 Å². The molecular formula is C19H16BrN3O. The Morgan fingerprint density at radius 1 is 1.04 bits per heavy atom. The topological polar surface area (TPSA) is 54.0 Å². The van der Waals surface area contributed by atoms with Gasteiger partial charge in [0, 0.05) is 22.0 Å². The number of pyridine rings is 1. The summed E-state index contributed by atoms with van der Waals surface area (Å²) in [6.45, 7) is 1.96. The largest absolute Gasteiger partial charge is 0.340 e. The Labute approximate surface area is 149 Å². The summed E-state index contributed by atoms with van der Waals surface area (Å²) in [6.07, 6.45) is 1.66. The number of hydrogen-bond donors (Lipinski definition) is 2. The number of benzene rings is 2. The summed E-state index contributed by atoms with van der Waals surface area (Å²) in [5, 5.41) is 6.13. The van der Waals surface area contributed by atoms with Crippen LogP contribution in [0.25, 0.3) is 0 Å². The second-order valence-electron chi connectivity index (χ2n) is 5.30. The van der Waals surface area contributed by atoms with Crippen molar-refractivity contribution in [3.8, 4) is 0 Å². The maximum absolute atomic E-state index is 12.6. The molecule has 0 aliphatic rings. The summed E-state index contributed by atoms with van der Waals surface area (Å²) in [5.74, 6) is 0.316. The van der Waals surface area contributed by atoms with Gasteiger partial charge in [-0.05, 0) is 48.9 Å². The molecule has 0 saturated heterocycles. The van der Waals surface area contributed by atoms with Crippen molar-refractivity contribution >= 4 is 39.0 Å². The average Bonchev–Trinajstić information content (AvgIpc) is 2.57. The van der Waals surface area contributed by atoms with Crippen molar-refractivity contribution < 1.29 is 4.79 Å². The van der Waals surface area contributed by atoms with Crippen LogP contribution in [-0.4, -0.2) is 10.9 Å². The van der Waals surface area contributed by atoms with Gasteiger partial charge in [-0.2, -0.15) is 0 Å². The van der Waals surface area contributed by atoms with Crippen LogP contribution in [-0.2, 0) is 0 Å². The Hall–Kier alpha value is -2.66. The molecule has 2 aromatic carbocycles. The quantitative estimate of drug-likeness (QED) is 0.656. The van der Waals surface area contributed by atoms with Gasteiger partial charge in [-0.3, -0.25) is 4.79 Å². The fourth-order valence-corrected chi connectivity index (χ4v) is 2.69. The molecule has 2 N–H and O–H groups in total. The van der Waals surface area contributed by atoms with Crippen molar-refractivity contribution in [1.29, 1.82) is 0 Å². The van der Waals surface area contributed by atoms with E-state index in [0.29, 0.717) is 11.4 Å². The number of aryl methyl sites for hydroxylation is 1. The third-order valence-electron chi connectivity index (χ3n) is 3.53. The first-order valence-corrected chi connectivity index (χ1v) is 8.27. The van der Waals surface area contributed by atoms with E-state index in [1.807, 2.05) is 55.5 Å². The van der Waals surface area contributed by atoms with E-state index in [9.17, 15) is 4.79 Å². The highest BCUT2D eigenvalue weighted by Crippen LogP contribution is 2.23. The minimum atomic E-state index is -0.199. The lowest BCUT2D eigenvalue weighted by Gasteiger charge is -2.12. The summed E-state index contributed by atoms with van der Waals surface area (Å²) in [6, 6.07) is 18.9. The van der Waals surface area contributed by atoms with Crippen LogP contribution in [0.2, 0.25) is 0 Å². The van der Waals surface area contributed by atoms with Crippen LogP contribution in [0.1, 0.15) is 15.9 Å². The standard InChI is InChI=1S/C19H16BrN3O/c1-13-6-2-3-10-17(13)23-19(24)16-9-5-11-21-18(16)22-15-8-4-7-14(20)12-15/h2-12H,1H3,(H,21,22)(H,23,24). The van der Waals surface area contributed by atoms with E-state index in [-0.39, 0.29) is 5.91 Å². The molecule has 3 rings (SSSR count). The average molecular weight is 382 g/mol. The van der Waals surface area contributed by atoms with Gasteiger partial charge < -0.3 is 10.6 Å². The number of aromatic nitrogens is 1. The highest BCUT2D eigenvalue weighted by molar-refractivity contribution is 9.10. The minimum Gasteiger partial charge on any atom is -0.340 e. The van der Waals surface area contributed by atoms with Crippen LogP contribution in [0.4, 0.5) is 17.2 Å². The normalized spacial score (nSPS) is 10.2. The molecule has 4 nitrogen and oxygen atoms in total.